The Hall–Kier alpha value is -1.39. The van der Waals surface area contributed by atoms with E-state index in [1.165, 1.54) is 0 Å². The predicted octanol–water partition coefficient (Wildman–Crippen LogP) is 3.44. The van der Waals surface area contributed by atoms with Gasteiger partial charge in [0.25, 0.3) is 0 Å². The van der Waals surface area contributed by atoms with Gasteiger partial charge >= 0.3 is 0 Å². The van der Waals surface area contributed by atoms with Gasteiger partial charge in [0.15, 0.2) is 0 Å². The van der Waals surface area contributed by atoms with Crippen LogP contribution in [0.2, 0.25) is 0 Å². The summed E-state index contributed by atoms with van der Waals surface area (Å²) in [6.45, 7) is 2.46. The number of ether oxygens (including phenoxy) is 1. The van der Waals surface area contributed by atoms with Crippen LogP contribution >= 0.6 is 15.9 Å². The first-order chi connectivity index (χ1) is 8.66. The van der Waals surface area contributed by atoms with E-state index >= 15 is 0 Å². The lowest BCUT2D eigenvalue weighted by molar-refractivity contribution is 0.301. The molecule has 1 unspecified atom stereocenters. The van der Waals surface area contributed by atoms with Gasteiger partial charge in [0.05, 0.1) is 0 Å². The Labute approximate surface area is 115 Å². The van der Waals surface area contributed by atoms with Crippen molar-refractivity contribution in [2.75, 3.05) is 0 Å². The van der Waals surface area contributed by atoms with Gasteiger partial charge in [-0.1, -0.05) is 22.0 Å². The number of halogens is 1. The normalized spacial score (nSPS) is 12.2. The van der Waals surface area contributed by atoms with E-state index < -0.39 is 0 Å². The summed E-state index contributed by atoms with van der Waals surface area (Å²) in [6, 6.07) is 9.72. The van der Waals surface area contributed by atoms with E-state index in [0.29, 0.717) is 6.61 Å². The van der Waals surface area contributed by atoms with Gasteiger partial charge in [-0.15, -0.1) is 0 Å². The Kier molecular flexibility index (Phi) is 4.33. The Bertz CT molecular complexity index is 514. The van der Waals surface area contributed by atoms with Crippen molar-refractivity contribution in [2.45, 2.75) is 19.6 Å². The lowest BCUT2D eigenvalue weighted by atomic mass is 10.1. The van der Waals surface area contributed by atoms with Crippen LogP contribution in [0.1, 0.15) is 24.1 Å². The summed E-state index contributed by atoms with van der Waals surface area (Å²) in [5.74, 6) is 0.816. The number of hydrogen-bond donors (Lipinski definition) is 1. The Morgan fingerprint density at radius 2 is 2.00 bits per heavy atom. The van der Waals surface area contributed by atoms with Gasteiger partial charge < -0.3 is 10.5 Å². The van der Waals surface area contributed by atoms with Crippen LogP contribution in [0.25, 0.3) is 0 Å². The number of nitrogens with two attached hydrogens (primary N) is 1. The van der Waals surface area contributed by atoms with Crippen molar-refractivity contribution in [1.82, 2.24) is 4.98 Å². The number of aromatic nitrogens is 1. The molecule has 3 nitrogen and oxygen atoms in total. The second-order valence-corrected chi connectivity index (χ2v) is 5.03. The molecule has 0 aliphatic heterocycles. The minimum absolute atomic E-state index is 0.0504. The maximum absolute atomic E-state index is 5.93. The summed E-state index contributed by atoms with van der Waals surface area (Å²) in [6.07, 6.45) is 3.51. The third-order valence-corrected chi connectivity index (χ3v) is 3.10. The molecule has 4 heteroatoms. The van der Waals surface area contributed by atoms with Crippen LogP contribution in [0.4, 0.5) is 0 Å². The lowest BCUT2D eigenvalue weighted by Gasteiger charge is -2.14. The molecule has 0 radical (unpaired) electrons. The maximum atomic E-state index is 5.93. The van der Waals surface area contributed by atoms with Crippen LogP contribution in [-0.2, 0) is 6.61 Å². The fourth-order valence-corrected chi connectivity index (χ4v) is 1.99. The molecular formula is C14H15BrN2O. The highest BCUT2D eigenvalue weighted by Gasteiger charge is 2.08. The van der Waals surface area contributed by atoms with E-state index in [1.807, 2.05) is 37.3 Å². The molecule has 1 atom stereocenters. The molecule has 2 rings (SSSR count). The van der Waals surface area contributed by atoms with Crippen molar-refractivity contribution >= 4 is 15.9 Å². The van der Waals surface area contributed by atoms with Gasteiger partial charge in [-0.25, -0.2) is 0 Å². The van der Waals surface area contributed by atoms with Crippen LogP contribution in [-0.4, -0.2) is 4.98 Å². The number of nitrogens with zero attached hydrogens (tertiary/aromatic N) is 1. The van der Waals surface area contributed by atoms with Crippen molar-refractivity contribution in [3.05, 3.63) is 58.3 Å². The topological polar surface area (TPSA) is 48.1 Å². The van der Waals surface area contributed by atoms with Crippen LogP contribution in [0.5, 0.6) is 5.75 Å². The van der Waals surface area contributed by atoms with Crippen molar-refractivity contribution in [2.24, 2.45) is 5.73 Å². The molecule has 94 valence electrons. The molecule has 18 heavy (non-hydrogen) atoms. The largest absolute Gasteiger partial charge is 0.489 e. The average molecular weight is 307 g/mol. The minimum Gasteiger partial charge on any atom is -0.489 e. The van der Waals surface area contributed by atoms with Crippen LogP contribution in [0.3, 0.4) is 0 Å². The summed E-state index contributed by atoms with van der Waals surface area (Å²) < 4.78 is 6.81. The number of hydrogen-bond acceptors (Lipinski definition) is 3. The van der Waals surface area contributed by atoms with Gasteiger partial charge in [-0.3, -0.25) is 4.98 Å². The first-order valence-corrected chi connectivity index (χ1v) is 6.53. The van der Waals surface area contributed by atoms with E-state index in [4.69, 9.17) is 10.5 Å². The van der Waals surface area contributed by atoms with E-state index in [0.717, 1.165) is 21.3 Å². The molecule has 0 amide bonds. The Morgan fingerprint density at radius 1 is 1.28 bits per heavy atom. The van der Waals surface area contributed by atoms with Crippen molar-refractivity contribution < 1.29 is 4.74 Å². The van der Waals surface area contributed by atoms with Crippen molar-refractivity contribution in [3.8, 4) is 5.75 Å². The fraction of sp³-hybridized carbons (Fsp3) is 0.214. The summed E-state index contributed by atoms with van der Waals surface area (Å²) >= 11 is 3.44. The summed E-state index contributed by atoms with van der Waals surface area (Å²) in [4.78, 5) is 3.98. The fourth-order valence-electron chi connectivity index (χ4n) is 1.65. The summed E-state index contributed by atoms with van der Waals surface area (Å²) in [7, 11) is 0. The van der Waals surface area contributed by atoms with E-state index in [9.17, 15) is 0 Å². The first kappa shape index (κ1) is 13.1. The number of rotatable bonds is 4. The molecular weight excluding hydrogens is 292 g/mol. The molecule has 0 aliphatic carbocycles. The molecule has 0 saturated heterocycles. The molecule has 1 heterocycles. The van der Waals surface area contributed by atoms with Crippen LogP contribution in [0, 0.1) is 0 Å². The quantitative estimate of drug-likeness (QED) is 0.941. The van der Waals surface area contributed by atoms with Gasteiger partial charge in [-0.05, 0) is 36.8 Å². The number of pyridine rings is 1. The maximum Gasteiger partial charge on any atom is 0.125 e. The second-order valence-electron chi connectivity index (χ2n) is 4.11. The molecule has 0 bridgehead atoms. The van der Waals surface area contributed by atoms with E-state index in [-0.39, 0.29) is 6.04 Å². The molecule has 2 aromatic rings. The highest BCUT2D eigenvalue weighted by Crippen LogP contribution is 2.28. The molecule has 0 aliphatic rings. The Morgan fingerprint density at radius 3 is 2.67 bits per heavy atom. The highest BCUT2D eigenvalue weighted by molar-refractivity contribution is 9.10. The third kappa shape index (κ3) is 3.31. The second kappa shape index (κ2) is 5.98. The van der Waals surface area contributed by atoms with Gasteiger partial charge in [0.2, 0.25) is 0 Å². The molecule has 1 aromatic heterocycles. The zero-order valence-electron chi connectivity index (χ0n) is 10.1. The molecule has 0 fully saturated rings. The van der Waals surface area contributed by atoms with E-state index in [2.05, 4.69) is 20.9 Å². The number of benzene rings is 1. The monoisotopic (exact) mass is 306 g/mol. The standard InChI is InChI=1S/C14H15BrN2O/c1-10(16)13-3-2-12(15)8-14(13)18-9-11-4-6-17-7-5-11/h2-8,10H,9,16H2,1H3. The molecule has 0 saturated carbocycles. The van der Waals surface area contributed by atoms with Gasteiger partial charge in [0, 0.05) is 28.5 Å². The first-order valence-electron chi connectivity index (χ1n) is 5.73. The molecule has 1 aromatic carbocycles. The third-order valence-electron chi connectivity index (χ3n) is 2.61. The van der Waals surface area contributed by atoms with Crippen LogP contribution in [0.15, 0.2) is 47.2 Å². The zero-order chi connectivity index (χ0) is 13.0. The average Bonchev–Trinajstić information content (AvgIpc) is 2.37. The Balaban J connectivity index is 2.15. The summed E-state index contributed by atoms with van der Waals surface area (Å²) in [5, 5.41) is 0. The SMILES string of the molecule is CC(N)c1ccc(Br)cc1OCc1ccncc1. The zero-order valence-corrected chi connectivity index (χ0v) is 11.7. The van der Waals surface area contributed by atoms with Gasteiger partial charge in [0.1, 0.15) is 12.4 Å². The molecule has 2 N–H and O–H groups in total. The predicted molar refractivity (Wildman–Crippen MR) is 75.3 cm³/mol. The van der Waals surface area contributed by atoms with Gasteiger partial charge in [-0.2, -0.15) is 0 Å². The smallest absolute Gasteiger partial charge is 0.125 e. The molecule has 0 spiro atoms. The van der Waals surface area contributed by atoms with E-state index in [1.54, 1.807) is 12.4 Å². The van der Waals surface area contributed by atoms with Crippen molar-refractivity contribution in [3.63, 3.8) is 0 Å². The van der Waals surface area contributed by atoms with Crippen molar-refractivity contribution in [1.29, 1.82) is 0 Å². The minimum atomic E-state index is -0.0504. The van der Waals surface area contributed by atoms with Crippen LogP contribution < -0.4 is 10.5 Å². The lowest BCUT2D eigenvalue weighted by Crippen LogP contribution is -2.08. The summed E-state index contributed by atoms with van der Waals surface area (Å²) in [5.41, 5.74) is 8.02. The highest BCUT2D eigenvalue weighted by atomic mass is 79.9.